The van der Waals surface area contributed by atoms with Crippen molar-refractivity contribution < 1.29 is 29.0 Å². The van der Waals surface area contributed by atoms with Gasteiger partial charge in [-0.1, -0.05) is 26.0 Å². The van der Waals surface area contributed by atoms with Crippen molar-refractivity contribution >= 4 is 29.1 Å². The van der Waals surface area contributed by atoms with Crippen LogP contribution < -0.4 is 15.4 Å². The van der Waals surface area contributed by atoms with Crippen LogP contribution in [0.2, 0.25) is 0 Å². The Morgan fingerprint density at radius 3 is 2.44 bits per heavy atom. The molecule has 3 aliphatic rings. The predicted molar refractivity (Wildman–Crippen MR) is 156 cm³/mol. The normalized spacial score (nSPS) is 29.0. The monoisotopic (exact) mass is 563 g/mol. The minimum absolute atomic E-state index is 0.126. The summed E-state index contributed by atoms with van der Waals surface area (Å²) < 4.78 is 12.2. The van der Waals surface area contributed by atoms with Gasteiger partial charge in [-0.15, -0.1) is 0 Å². The molecular formula is C32H41N3O6. The van der Waals surface area contributed by atoms with E-state index in [1.165, 1.54) is 4.90 Å². The van der Waals surface area contributed by atoms with Crippen molar-refractivity contribution in [2.45, 2.75) is 77.7 Å². The third kappa shape index (κ3) is 4.78. The first-order valence-electron chi connectivity index (χ1n) is 14.5. The summed E-state index contributed by atoms with van der Waals surface area (Å²) in [7, 11) is 0. The predicted octanol–water partition coefficient (Wildman–Crippen LogP) is 4.06. The molecule has 0 saturated carbocycles. The van der Waals surface area contributed by atoms with Crippen LogP contribution in [0, 0.1) is 31.6 Å². The second-order valence-electron chi connectivity index (χ2n) is 12.2. The standard InChI is InChI=1S/C32H41N3O6/c1-7-40-22-12-10-21(11-13-22)33-28(37)25-26-30(39)35(24(17-36)18(2)3)27(32(26)15-14-31(25,6)41-32)29(38)34-23-16-19(4)8-9-20(23)5/h8-13,16,18,24-27,36H,7,14-15,17H2,1-6H3,(H,33,37)(H,34,38)/t24-,25+,26-,27?,31-,32?/m0/s1. The molecule has 0 aromatic heterocycles. The number of aryl methyl sites for hydroxylation is 2. The Bertz CT molecular complexity index is 1340. The Morgan fingerprint density at radius 2 is 1.80 bits per heavy atom. The molecule has 5 rings (SSSR count). The fourth-order valence-electron chi connectivity index (χ4n) is 7.13. The van der Waals surface area contributed by atoms with Crippen LogP contribution in [-0.4, -0.2) is 64.2 Å². The van der Waals surface area contributed by atoms with E-state index < -0.39 is 35.1 Å². The third-order valence-electron chi connectivity index (χ3n) is 9.14. The van der Waals surface area contributed by atoms with Gasteiger partial charge in [-0.2, -0.15) is 0 Å². The average Bonchev–Trinajstić information content (AvgIpc) is 3.49. The van der Waals surface area contributed by atoms with Crippen LogP contribution in [0.3, 0.4) is 0 Å². The van der Waals surface area contributed by atoms with E-state index in [2.05, 4.69) is 10.6 Å². The maximum absolute atomic E-state index is 14.3. The van der Waals surface area contributed by atoms with Crippen LogP contribution in [0.15, 0.2) is 42.5 Å². The number of nitrogens with one attached hydrogen (secondary N) is 2. The molecule has 3 aliphatic heterocycles. The second kappa shape index (κ2) is 10.8. The number of ether oxygens (including phenoxy) is 2. The molecule has 2 unspecified atom stereocenters. The molecule has 220 valence electrons. The van der Waals surface area contributed by atoms with Gasteiger partial charge in [-0.25, -0.2) is 0 Å². The summed E-state index contributed by atoms with van der Waals surface area (Å²) in [5, 5.41) is 16.4. The Balaban J connectivity index is 1.52. The fourth-order valence-corrected chi connectivity index (χ4v) is 7.13. The summed E-state index contributed by atoms with van der Waals surface area (Å²) in [4.78, 5) is 43.9. The van der Waals surface area contributed by atoms with Gasteiger partial charge < -0.3 is 30.1 Å². The molecule has 2 aromatic carbocycles. The Kier molecular flexibility index (Phi) is 7.63. The quantitative estimate of drug-likeness (QED) is 0.424. The van der Waals surface area contributed by atoms with Gasteiger partial charge in [0.2, 0.25) is 17.7 Å². The van der Waals surface area contributed by atoms with Crippen LogP contribution in [-0.2, 0) is 19.1 Å². The van der Waals surface area contributed by atoms with E-state index in [1.807, 2.05) is 59.7 Å². The first-order valence-corrected chi connectivity index (χ1v) is 14.5. The molecule has 9 nitrogen and oxygen atoms in total. The molecule has 0 radical (unpaired) electrons. The number of hydrogen-bond donors (Lipinski definition) is 3. The molecule has 3 N–H and O–H groups in total. The van der Waals surface area contributed by atoms with Gasteiger partial charge in [-0.05, 0) is 87.9 Å². The van der Waals surface area contributed by atoms with E-state index in [1.54, 1.807) is 24.3 Å². The Morgan fingerprint density at radius 1 is 1.10 bits per heavy atom. The van der Waals surface area contributed by atoms with Gasteiger partial charge in [-0.3, -0.25) is 14.4 Å². The molecular weight excluding hydrogens is 522 g/mol. The summed E-state index contributed by atoms with van der Waals surface area (Å²) in [6.45, 7) is 11.7. The number of anilines is 2. The number of hydrogen-bond acceptors (Lipinski definition) is 6. The number of nitrogens with zero attached hydrogens (tertiary/aromatic N) is 1. The second-order valence-corrected chi connectivity index (χ2v) is 12.2. The van der Waals surface area contributed by atoms with Crippen LogP contribution in [0.25, 0.3) is 0 Å². The first-order chi connectivity index (χ1) is 19.5. The molecule has 3 amide bonds. The SMILES string of the molecule is CCOc1ccc(NC(=O)[C@H]2[C@H]3C(=O)N([C@@H](CO)C(C)C)C(C(=O)Nc4cc(C)ccc4C)C34CC[C@]2(C)O4)cc1. The Hall–Kier alpha value is -3.43. The van der Waals surface area contributed by atoms with Gasteiger partial charge >= 0.3 is 0 Å². The summed E-state index contributed by atoms with van der Waals surface area (Å²) >= 11 is 0. The van der Waals surface area contributed by atoms with Crippen molar-refractivity contribution in [3.8, 4) is 5.75 Å². The molecule has 2 bridgehead atoms. The lowest BCUT2D eigenvalue weighted by atomic mass is 9.66. The van der Waals surface area contributed by atoms with Gasteiger partial charge in [0, 0.05) is 11.4 Å². The van der Waals surface area contributed by atoms with E-state index in [0.29, 0.717) is 36.6 Å². The van der Waals surface area contributed by atoms with E-state index in [-0.39, 0.29) is 30.2 Å². The highest BCUT2D eigenvalue weighted by atomic mass is 16.5. The van der Waals surface area contributed by atoms with Gasteiger partial charge in [0.25, 0.3) is 0 Å². The number of fused-ring (bicyclic) bond motifs is 1. The molecule has 41 heavy (non-hydrogen) atoms. The van der Waals surface area contributed by atoms with Gasteiger partial charge in [0.05, 0.1) is 36.7 Å². The topological polar surface area (TPSA) is 117 Å². The van der Waals surface area contributed by atoms with E-state index >= 15 is 0 Å². The molecule has 1 spiro atoms. The molecule has 9 heteroatoms. The van der Waals surface area contributed by atoms with E-state index in [4.69, 9.17) is 9.47 Å². The average molecular weight is 564 g/mol. The molecule has 3 saturated heterocycles. The highest BCUT2D eigenvalue weighted by Crippen LogP contribution is 2.63. The minimum atomic E-state index is -1.18. The van der Waals surface area contributed by atoms with Crippen LogP contribution in [0.5, 0.6) is 5.75 Å². The van der Waals surface area contributed by atoms with E-state index in [0.717, 1.165) is 11.1 Å². The lowest BCUT2D eigenvalue weighted by Crippen LogP contribution is -2.57. The number of likely N-dealkylation sites (tertiary alicyclic amines) is 1. The molecule has 6 atom stereocenters. The van der Waals surface area contributed by atoms with Crippen molar-refractivity contribution in [1.82, 2.24) is 4.90 Å². The number of aliphatic hydroxyl groups excluding tert-OH is 1. The van der Waals surface area contributed by atoms with Crippen molar-refractivity contribution in [2.75, 3.05) is 23.8 Å². The van der Waals surface area contributed by atoms with Crippen molar-refractivity contribution in [2.24, 2.45) is 17.8 Å². The summed E-state index contributed by atoms with van der Waals surface area (Å²) in [6, 6.07) is 11.3. The number of carbonyl (C=O) groups is 3. The van der Waals surface area contributed by atoms with E-state index in [9.17, 15) is 19.5 Å². The number of benzene rings is 2. The van der Waals surface area contributed by atoms with Gasteiger partial charge in [0.15, 0.2) is 0 Å². The maximum Gasteiger partial charge on any atom is 0.250 e. The molecule has 2 aromatic rings. The largest absolute Gasteiger partial charge is 0.494 e. The minimum Gasteiger partial charge on any atom is -0.494 e. The van der Waals surface area contributed by atoms with Crippen molar-refractivity contribution in [1.29, 1.82) is 0 Å². The summed E-state index contributed by atoms with van der Waals surface area (Å²) in [5.74, 6) is -2.10. The lowest BCUT2D eigenvalue weighted by Gasteiger charge is -2.38. The Labute approximate surface area is 241 Å². The molecule has 3 fully saturated rings. The zero-order valence-electron chi connectivity index (χ0n) is 24.7. The van der Waals surface area contributed by atoms with Crippen molar-refractivity contribution in [3.05, 3.63) is 53.6 Å². The third-order valence-corrected chi connectivity index (χ3v) is 9.14. The zero-order chi connectivity index (χ0) is 29.7. The highest BCUT2D eigenvalue weighted by Gasteiger charge is 2.78. The summed E-state index contributed by atoms with van der Waals surface area (Å²) in [5.41, 5.74) is 1.04. The smallest absolute Gasteiger partial charge is 0.250 e. The van der Waals surface area contributed by atoms with Crippen LogP contribution in [0.4, 0.5) is 11.4 Å². The van der Waals surface area contributed by atoms with Crippen LogP contribution >= 0.6 is 0 Å². The highest BCUT2D eigenvalue weighted by molar-refractivity contribution is 6.05. The summed E-state index contributed by atoms with van der Waals surface area (Å²) in [6.07, 6.45) is 0.995. The number of amides is 3. The maximum atomic E-state index is 14.3. The number of carbonyl (C=O) groups excluding carboxylic acids is 3. The molecule has 3 heterocycles. The fraction of sp³-hybridized carbons (Fsp3) is 0.531. The first kappa shape index (κ1) is 29.1. The number of rotatable bonds is 9. The van der Waals surface area contributed by atoms with Gasteiger partial charge in [0.1, 0.15) is 17.4 Å². The van der Waals surface area contributed by atoms with Crippen LogP contribution in [0.1, 0.15) is 51.7 Å². The zero-order valence-corrected chi connectivity index (χ0v) is 24.7. The molecule has 0 aliphatic carbocycles. The van der Waals surface area contributed by atoms with Crippen molar-refractivity contribution in [3.63, 3.8) is 0 Å². The number of aliphatic hydroxyl groups is 1. The lowest BCUT2D eigenvalue weighted by molar-refractivity contribution is -0.148.